The molecule has 18 heavy (non-hydrogen) atoms. The molecule has 2 N–H and O–H groups in total. The van der Waals surface area contributed by atoms with Crippen LogP contribution in [0.1, 0.15) is 38.3 Å². The highest BCUT2D eigenvalue weighted by atomic mass is 16.5. The summed E-state index contributed by atoms with van der Waals surface area (Å²) in [5.74, 6) is 0. The van der Waals surface area contributed by atoms with E-state index in [1.807, 2.05) is 24.3 Å². The summed E-state index contributed by atoms with van der Waals surface area (Å²) in [4.78, 5) is 0. The Morgan fingerprint density at radius 2 is 1.78 bits per heavy atom. The fourth-order valence-electron chi connectivity index (χ4n) is 1.95. The minimum Gasteiger partial charge on any atom is -0.392 e. The van der Waals surface area contributed by atoms with E-state index in [0.717, 1.165) is 18.5 Å². The van der Waals surface area contributed by atoms with Crippen LogP contribution in [0.4, 0.5) is 0 Å². The normalized spacial score (nSPS) is 13.6. The van der Waals surface area contributed by atoms with Gasteiger partial charge in [0, 0.05) is 19.7 Å². The average Bonchev–Trinajstić information content (AvgIpc) is 2.36. The van der Waals surface area contributed by atoms with Gasteiger partial charge < -0.3 is 15.2 Å². The van der Waals surface area contributed by atoms with Crippen molar-refractivity contribution in [1.29, 1.82) is 0 Å². The number of nitrogens with one attached hydrogen (secondary N) is 1. The van der Waals surface area contributed by atoms with E-state index in [-0.39, 0.29) is 12.2 Å². The van der Waals surface area contributed by atoms with Crippen molar-refractivity contribution in [2.45, 2.75) is 52.0 Å². The lowest BCUT2D eigenvalue weighted by Crippen LogP contribution is -2.35. The highest BCUT2D eigenvalue weighted by Gasteiger charge is 2.19. The van der Waals surface area contributed by atoms with Gasteiger partial charge in [-0.15, -0.1) is 0 Å². The summed E-state index contributed by atoms with van der Waals surface area (Å²) in [6.45, 7) is 7.31. The molecule has 0 bridgehead atoms. The van der Waals surface area contributed by atoms with E-state index in [9.17, 15) is 0 Å². The Hall–Kier alpha value is -0.900. The highest BCUT2D eigenvalue weighted by molar-refractivity contribution is 5.21. The highest BCUT2D eigenvalue weighted by Crippen LogP contribution is 2.15. The number of rotatable bonds is 7. The fourth-order valence-corrected chi connectivity index (χ4v) is 1.95. The van der Waals surface area contributed by atoms with Crippen molar-refractivity contribution in [3.05, 3.63) is 35.4 Å². The summed E-state index contributed by atoms with van der Waals surface area (Å²) in [6, 6.07) is 8.42. The number of ether oxygens (including phenoxy) is 1. The van der Waals surface area contributed by atoms with Gasteiger partial charge in [0.25, 0.3) is 0 Å². The monoisotopic (exact) mass is 251 g/mol. The van der Waals surface area contributed by atoms with Crippen LogP contribution in [0.2, 0.25) is 0 Å². The summed E-state index contributed by atoms with van der Waals surface area (Å²) < 4.78 is 5.42. The molecule has 0 fully saturated rings. The van der Waals surface area contributed by atoms with Crippen molar-refractivity contribution < 1.29 is 9.84 Å². The summed E-state index contributed by atoms with van der Waals surface area (Å²) in [6.07, 6.45) is 0.970. The van der Waals surface area contributed by atoms with Crippen molar-refractivity contribution in [2.24, 2.45) is 0 Å². The van der Waals surface area contributed by atoms with Gasteiger partial charge in [0.2, 0.25) is 0 Å². The standard InChI is InChI=1S/C15H25NO2/c1-12(9-15(2,3)18-4)16-10-13-5-7-14(11-17)8-6-13/h5-8,12,16-17H,9-11H2,1-4H3. The van der Waals surface area contributed by atoms with E-state index < -0.39 is 0 Å². The van der Waals surface area contributed by atoms with Gasteiger partial charge in [-0.1, -0.05) is 24.3 Å². The maximum atomic E-state index is 8.97. The number of benzene rings is 1. The molecular weight excluding hydrogens is 226 g/mol. The molecule has 102 valence electrons. The smallest absolute Gasteiger partial charge is 0.0681 e. The van der Waals surface area contributed by atoms with Crippen LogP contribution < -0.4 is 5.32 Å². The molecule has 1 unspecified atom stereocenters. The first-order valence-electron chi connectivity index (χ1n) is 6.44. The lowest BCUT2D eigenvalue weighted by atomic mass is 9.99. The molecule has 0 saturated carbocycles. The second-order valence-electron chi connectivity index (χ2n) is 5.42. The zero-order valence-electron chi connectivity index (χ0n) is 11.9. The number of hydrogen-bond donors (Lipinski definition) is 2. The fraction of sp³-hybridized carbons (Fsp3) is 0.600. The van der Waals surface area contributed by atoms with Gasteiger partial charge in [-0.2, -0.15) is 0 Å². The average molecular weight is 251 g/mol. The van der Waals surface area contributed by atoms with Gasteiger partial charge in [-0.3, -0.25) is 0 Å². The molecule has 1 aromatic carbocycles. The van der Waals surface area contributed by atoms with E-state index in [0.29, 0.717) is 6.04 Å². The number of methoxy groups -OCH3 is 1. The van der Waals surface area contributed by atoms with Crippen LogP contribution in [0.25, 0.3) is 0 Å². The molecule has 0 saturated heterocycles. The van der Waals surface area contributed by atoms with Crippen LogP contribution in [0, 0.1) is 0 Å². The lowest BCUT2D eigenvalue weighted by Gasteiger charge is -2.27. The second-order valence-corrected chi connectivity index (χ2v) is 5.42. The van der Waals surface area contributed by atoms with Crippen LogP contribution in [-0.4, -0.2) is 23.9 Å². The van der Waals surface area contributed by atoms with Crippen molar-refractivity contribution >= 4 is 0 Å². The first kappa shape index (κ1) is 15.2. The van der Waals surface area contributed by atoms with E-state index in [4.69, 9.17) is 9.84 Å². The van der Waals surface area contributed by atoms with Gasteiger partial charge in [0.15, 0.2) is 0 Å². The zero-order chi connectivity index (χ0) is 13.6. The van der Waals surface area contributed by atoms with E-state index in [2.05, 4.69) is 26.1 Å². The molecule has 0 aromatic heterocycles. The van der Waals surface area contributed by atoms with Gasteiger partial charge in [0.1, 0.15) is 0 Å². The van der Waals surface area contributed by atoms with E-state index in [1.165, 1.54) is 5.56 Å². The Morgan fingerprint density at radius 3 is 2.28 bits per heavy atom. The number of aliphatic hydroxyl groups excluding tert-OH is 1. The summed E-state index contributed by atoms with van der Waals surface area (Å²) >= 11 is 0. The molecule has 1 rings (SSSR count). The van der Waals surface area contributed by atoms with Crippen molar-refractivity contribution in [2.75, 3.05) is 7.11 Å². The Balaban J connectivity index is 2.39. The summed E-state index contributed by atoms with van der Waals surface area (Å²) in [5, 5.41) is 12.5. The minimum atomic E-state index is -0.0901. The maximum Gasteiger partial charge on any atom is 0.0681 e. The van der Waals surface area contributed by atoms with Gasteiger partial charge in [-0.05, 0) is 38.3 Å². The molecule has 0 spiro atoms. The van der Waals surface area contributed by atoms with E-state index >= 15 is 0 Å². The SMILES string of the molecule is COC(C)(C)CC(C)NCc1ccc(CO)cc1. The lowest BCUT2D eigenvalue weighted by molar-refractivity contribution is 0.00844. The molecule has 0 amide bonds. The molecule has 1 atom stereocenters. The third-order valence-corrected chi connectivity index (χ3v) is 3.21. The number of hydrogen-bond acceptors (Lipinski definition) is 3. The van der Waals surface area contributed by atoms with Crippen LogP contribution in [-0.2, 0) is 17.9 Å². The Kier molecular flexibility index (Phi) is 5.79. The van der Waals surface area contributed by atoms with E-state index in [1.54, 1.807) is 7.11 Å². The van der Waals surface area contributed by atoms with Crippen LogP contribution in [0.5, 0.6) is 0 Å². The first-order chi connectivity index (χ1) is 8.46. The quantitative estimate of drug-likeness (QED) is 0.782. The largest absolute Gasteiger partial charge is 0.392 e. The zero-order valence-corrected chi connectivity index (χ0v) is 11.9. The topological polar surface area (TPSA) is 41.5 Å². The second kappa shape index (κ2) is 6.88. The predicted octanol–water partition coefficient (Wildman–Crippen LogP) is 2.47. The molecule has 0 radical (unpaired) electrons. The van der Waals surface area contributed by atoms with Crippen molar-refractivity contribution in [1.82, 2.24) is 5.32 Å². The van der Waals surface area contributed by atoms with Gasteiger partial charge in [-0.25, -0.2) is 0 Å². The predicted molar refractivity (Wildman–Crippen MR) is 74.4 cm³/mol. The van der Waals surface area contributed by atoms with Gasteiger partial charge >= 0.3 is 0 Å². The molecular formula is C15H25NO2. The summed E-state index contributed by atoms with van der Waals surface area (Å²) in [5.41, 5.74) is 2.09. The molecule has 1 aromatic rings. The number of aliphatic hydroxyl groups is 1. The molecule has 3 nitrogen and oxygen atoms in total. The molecule has 0 aliphatic heterocycles. The molecule has 3 heteroatoms. The molecule has 0 aliphatic rings. The Morgan fingerprint density at radius 1 is 1.22 bits per heavy atom. The van der Waals surface area contributed by atoms with Crippen molar-refractivity contribution in [3.8, 4) is 0 Å². The maximum absolute atomic E-state index is 8.97. The van der Waals surface area contributed by atoms with Gasteiger partial charge in [0.05, 0.1) is 12.2 Å². The van der Waals surface area contributed by atoms with Crippen molar-refractivity contribution in [3.63, 3.8) is 0 Å². The Labute approximate surface area is 110 Å². The molecule has 0 heterocycles. The molecule has 0 aliphatic carbocycles. The minimum absolute atomic E-state index is 0.0901. The third-order valence-electron chi connectivity index (χ3n) is 3.21. The van der Waals surface area contributed by atoms with Crippen LogP contribution in [0.3, 0.4) is 0 Å². The third kappa shape index (κ3) is 5.17. The van der Waals surface area contributed by atoms with Crippen LogP contribution >= 0.6 is 0 Å². The summed E-state index contributed by atoms with van der Waals surface area (Å²) in [7, 11) is 1.75. The first-order valence-corrected chi connectivity index (χ1v) is 6.44. The van der Waals surface area contributed by atoms with Crippen LogP contribution in [0.15, 0.2) is 24.3 Å². The Bertz CT molecular complexity index is 346.